The average Bonchev–Trinajstić information content (AvgIpc) is 2.97. The van der Waals surface area contributed by atoms with Gasteiger partial charge in [-0.3, -0.25) is 9.59 Å². The molecule has 0 bridgehead atoms. The highest BCUT2D eigenvalue weighted by atomic mass is 79.9. The van der Waals surface area contributed by atoms with E-state index in [0.29, 0.717) is 11.4 Å². The van der Waals surface area contributed by atoms with Crippen LogP contribution in [0, 0.1) is 0 Å². The van der Waals surface area contributed by atoms with Gasteiger partial charge in [-0.1, -0.05) is 89.3 Å². The first-order valence-corrected chi connectivity index (χ1v) is 16.3. The van der Waals surface area contributed by atoms with Crippen LogP contribution in [0.2, 0.25) is 5.02 Å². The minimum atomic E-state index is -3.97. The molecule has 0 heterocycles. The summed E-state index contributed by atoms with van der Waals surface area (Å²) in [4.78, 5) is 29.4. The molecule has 4 rings (SSSR count). The number of carbonyl (C=O) groups excluding carboxylic acids is 2. The zero-order valence-corrected chi connectivity index (χ0v) is 26.2. The van der Waals surface area contributed by atoms with Gasteiger partial charge in [-0.15, -0.1) is 0 Å². The third kappa shape index (κ3) is 8.64. The van der Waals surface area contributed by atoms with Crippen LogP contribution in [0.25, 0.3) is 0 Å². The lowest BCUT2D eigenvalue weighted by Crippen LogP contribution is -2.54. The Balaban J connectivity index is 1.65. The maximum atomic E-state index is 14.0. The molecule has 1 aliphatic carbocycles. The van der Waals surface area contributed by atoms with Crippen LogP contribution in [0.3, 0.4) is 0 Å². The van der Waals surface area contributed by atoms with Crippen molar-refractivity contribution in [3.05, 3.63) is 99.5 Å². The molecular weight excluding hydrogens is 626 g/mol. The first-order valence-electron chi connectivity index (χ1n) is 13.7. The second-order valence-corrected chi connectivity index (χ2v) is 13.8. The van der Waals surface area contributed by atoms with Crippen molar-refractivity contribution >= 4 is 49.4 Å². The van der Waals surface area contributed by atoms with Crippen molar-refractivity contribution in [1.29, 1.82) is 0 Å². The van der Waals surface area contributed by atoms with E-state index in [1.54, 1.807) is 0 Å². The number of nitrogens with one attached hydrogen (secondary N) is 1. The summed E-state index contributed by atoms with van der Waals surface area (Å²) < 4.78 is 28.5. The van der Waals surface area contributed by atoms with E-state index in [0.717, 1.165) is 52.0 Å². The lowest BCUT2D eigenvalue weighted by molar-refractivity contribution is -0.141. The van der Waals surface area contributed by atoms with Gasteiger partial charge in [-0.25, -0.2) is 8.42 Å². The van der Waals surface area contributed by atoms with E-state index in [-0.39, 0.29) is 23.4 Å². The van der Waals surface area contributed by atoms with Crippen molar-refractivity contribution in [1.82, 2.24) is 14.5 Å². The Kier molecular flexibility index (Phi) is 11.0. The molecule has 2 amide bonds. The fraction of sp³-hybridized carbons (Fsp3) is 0.355. The van der Waals surface area contributed by atoms with Gasteiger partial charge in [0, 0.05) is 35.6 Å². The molecule has 0 aliphatic heterocycles. The third-order valence-electron chi connectivity index (χ3n) is 7.37. The van der Waals surface area contributed by atoms with E-state index in [2.05, 4.69) is 21.2 Å². The minimum Gasteiger partial charge on any atom is -0.352 e. The van der Waals surface area contributed by atoms with Gasteiger partial charge in [0.2, 0.25) is 21.8 Å². The average molecular weight is 661 g/mol. The van der Waals surface area contributed by atoms with E-state index < -0.39 is 28.5 Å². The molecule has 1 saturated carbocycles. The topological polar surface area (TPSA) is 86.8 Å². The van der Waals surface area contributed by atoms with Crippen LogP contribution >= 0.6 is 27.5 Å². The molecule has 0 radical (unpaired) electrons. The predicted molar refractivity (Wildman–Crippen MR) is 165 cm³/mol. The molecule has 0 unspecified atom stereocenters. The number of likely N-dealkylation sites (N-methyl/N-ethyl adjacent to an activating group) is 1. The summed E-state index contributed by atoms with van der Waals surface area (Å²) in [7, 11) is -2.60. The summed E-state index contributed by atoms with van der Waals surface area (Å²) in [5, 5.41) is 3.61. The normalized spacial score (nSPS) is 14.9. The van der Waals surface area contributed by atoms with Gasteiger partial charge in [0.05, 0.1) is 11.4 Å². The lowest BCUT2D eigenvalue weighted by Gasteiger charge is -2.34. The van der Waals surface area contributed by atoms with Crippen molar-refractivity contribution < 1.29 is 18.0 Å². The van der Waals surface area contributed by atoms with E-state index in [1.807, 2.05) is 54.6 Å². The molecule has 1 fully saturated rings. The maximum absolute atomic E-state index is 14.0. The zero-order chi connectivity index (χ0) is 29.4. The van der Waals surface area contributed by atoms with E-state index in [9.17, 15) is 18.0 Å². The number of benzene rings is 3. The summed E-state index contributed by atoms with van der Waals surface area (Å²) in [5.74, 6) is -0.692. The Morgan fingerprint density at radius 2 is 1.56 bits per heavy atom. The molecule has 1 aliphatic rings. The number of carbonyl (C=O) groups is 2. The maximum Gasteiger partial charge on any atom is 0.243 e. The second-order valence-electron chi connectivity index (χ2n) is 10.4. The highest BCUT2D eigenvalue weighted by Crippen LogP contribution is 2.22. The zero-order valence-electron chi connectivity index (χ0n) is 23.0. The standard InChI is InChI=1S/C31H35BrClN3O4S/c1-35(41(39,40)28-18-16-26(33)17-19-28)22-30(37)36(21-24-12-14-25(32)15-13-24)29(20-23-8-4-2-5-9-23)31(38)34-27-10-6-3-7-11-27/h2,4-5,8-9,12-19,27,29H,3,6-7,10-11,20-22H2,1H3,(H,34,38)/t29-/m1/s1. The number of halogens is 2. The van der Waals surface area contributed by atoms with Crippen LogP contribution < -0.4 is 5.32 Å². The quantitative estimate of drug-likeness (QED) is 0.281. The van der Waals surface area contributed by atoms with E-state index in [1.165, 1.54) is 36.2 Å². The fourth-order valence-corrected chi connectivity index (χ4v) is 6.55. The summed E-state index contributed by atoms with van der Waals surface area (Å²) in [6.07, 6.45) is 5.39. The highest BCUT2D eigenvalue weighted by molar-refractivity contribution is 9.10. The third-order valence-corrected chi connectivity index (χ3v) is 9.97. The SMILES string of the molecule is CN(CC(=O)N(Cc1ccc(Br)cc1)[C@H](Cc1ccccc1)C(=O)NC1CCCCC1)S(=O)(=O)c1ccc(Cl)cc1. The van der Waals surface area contributed by atoms with E-state index >= 15 is 0 Å². The predicted octanol–water partition coefficient (Wildman–Crippen LogP) is 5.81. The molecular formula is C31H35BrClN3O4S. The number of sulfonamides is 1. The van der Waals surface area contributed by atoms with E-state index in [4.69, 9.17) is 11.6 Å². The van der Waals surface area contributed by atoms with Crippen molar-refractivity contribution in [2.75, 3.05) is 13.6 Å². The summed E-state index contributed by atoms with van der Waals surface area (Å²) in [5.41, 5.74) is 1.74. The Bertz CT molecular complexity index is 1410. The number of hydrogen-bond donors (Lipinski definition) is 1. The van der Waals surface area contributed by atoms with Crippen molar-refractivity contribution in [2.45, 2.75) is 62.0 Å². The summed E-state index contributed by atoms with van der Waals surface area (Å²) in [6, 6.07) is 22.1. The second kappa shape index (κ2) is 14.4. The van der Waals surface area contributed by atoms with Crippen molar-refractivity contribution in [3.8, 4) is 0 Å². The van der Waals surface area contributed by atoms with Crippen LogP contribution in [-0.4, -0.2) is 55.1 Å². The van der Waals surface area contributed by atoms with Gasteiger partial charge in [0.25, 0.3) is 0 Å². The largest absolute Gasteiger partial charge is 0.352 e. The Morgan fingerprint density at radius 3 is 2.20 bits per heavy atom. The van der Waals surface area contributed by atoms with Crippen molar-refractivity contribution in [2.24, 2.45) is 0 Å². The van der Waals surface area contributed by atoms with Gasteiger partial charge in [-0.05, 0) is 60.4 Å². The molecule has 3 aromatic carbocycles. The van der Waals surface area contributed by atoms with Gasteiger partial charge in [0.15, 0.2) is 0 Å². The molecule has 1 N–H and O–H groups in total. The van der Waals surface area contributed by atoms with Gasteiger partial charge in [-0.2, -0.15) is 4.31 Å². The highest BCUT2D eigenvalue weighted by Gasteiger charge is 2.34. The van der Waals surface area contributed by atoms with Gasteiger partial charge in [0.1, 0.15) is 6.04 Å². The molecule has 0 saturated heterocycles. The molecule has 3 aromatic rings. The van der Waals surface area contributed by atoms with Crippen molar-refractivity contribution in [3.63, 3.8) is 0 Å². The molecule has 10 heteroatoms. The molecule has 41 heavy (non-hydrogen) atoms. The molecule has 1 atom stereocenters. The Labute approximate surface area is 256 Å². The minimum absolute atomic E-state index is 0.0348. The lowest BCUT2D eigenvalue weighted by atomic mass is 9.94. The van der Waals surface area contributed by atoms with Crippen LogP contribution in [0.5, 0.6) is 0 Å². The number of amides is 2. The van der Waals surface area contributed by atoms with Crippen LogP contribution in [0.4, 0.5) is 0 Å². The first kappa shape index (κ1) is 31.2. The molecule has 0 spiro atoms. The smallest absolute Gasteiger partial charge is 0.243 e. The first-order chi connectivity index (χ1) is 19.6. The molecule has 0 aromatic heterocycles. The monoisotopic (exact) mass is 659 g/mol. The van der Waals surface area contributed by atoms with Crippen LogP contribution in [0.1, 0.15) is 43.2 Å². The molecule has 218 valence electrons. The summed E-state index contributed by atoms with van der Waals surface area (Å²) >= 11 is 9.39. The Hall–Kier alpha value is -2.72. The summed E-state index contributed by atoms with van der Waals surface area (Å²) in [6.45, 7) is -0.278. The van der Waals surface area contributed by atoms with Crippen LogP contribution in [-0.2, 0) is 32.6 Å². The Morgan fingerprint density at radius 1 is 0.927 bits per heavy atom. The number of nitrogens with zero attached hydrogens (tertiary/aromatic N) is 2. The van der Waals surface area contributed by atoms with Crippen LogP contribution in [0.15, 0.2) is 88.2 Å². The van der Waals surface area contributed by atoms with Gasteiger partial charge >= 0.3 is 0 Å². The fourth-order valence-electron chi connectivity index (χ4n) is 5.04. The number of rotatable bonds is 11. The number of hydrogen-bond acceptors (Lipinski definition) is 4. The molecule has 7 nitrogen and oxygen atoms in total. The van der Waals surface area contributed by atoms with Gasteiger partial charge < -0.3 is 10.2 Å².